The first-order valence-electron chi connectivity index (χ1n) is 13.9. The lowest BCUT2D eigenvalue weighted by Gasteiger charge is -2.27. The second kappa shape index (κ2) is 15.2. The summed E-state index contributed by atoms with van der Waals surface area (Å²) in [7, 11) is 0. The van der Waals surface area contributed by atoms with Gasteiger partial charge in [-0.05, 0) is 79.8 Å². The van der Waals surface area contributed by atoms with Gasteiger partial charge in [0.25, 0.3) is 0 Å². The molecule has 0 radical (unpaired) electrons. The molecule has 3 N–H and O–H groups in total. The van der Waals surface area contributed by atoms with Crippen LogP contribution in [0.2, 0.25) is 0 Å². The highest BCUT2D eigenvalue weighted by atomic mass is 19.4. The summed E-state index contributed by atoms with van der Waals surface area (Å²) in [6.07, 6.45) is -0.620. The van der Waals surface area contributed by atoms with Gasteiger partial charge in [-0.15, -0.1) is 0 Å². The van der Waals surface area contributed by atoms with Gasteiger partial charge in [-0.2, -0.15) is 13.2 Å². The Morgan fingerprint density at radius 3 is 2.35 bits per heavy atom. The predicted molar refractivity (Wildman–Crippen MR) is 162 cm³/mol. The molecule has 8 nitrogen and oxygen atoms in total. The summed E-state index contributed by atoms with van der Waals surface area (Å²) in [5.74, 6) is -0.737. The zero-order valence-electron chi connectivity index (χ0n) is 23.6. The van der Waals surface area contributed by atoms with E-state index in [-0.39, 0.29) is 11.6 Å². The van der Waals surface area contributed by atoms with E-state index in [1.165, 1.54) is 18.2 Å². The third kappa shape index (κ3) is 9.60. The Morgan fingerprint density at radius 1 is 0.977 bits per heavy atom. The minimum absolute atomic E-state index is 0.261. The number of benzene rings is 3. The van der Waals surface area contributed by atoms with Crippen LogP contribution in [0.1, 0.15) is 29.2 Å². The van der Waals surface area contributed by atoms with Crippen molar-refractivity contribution >= 4 is 41.7 Å². The second-order valence-electron chi connectivity index (χ2n) is 9.92. The van der Waals surface area contributed by atoms with Gasteiger partial charge in [0.05, 0.1) is 30.2 Å². The van der Waals surface area contributed by atoms with Crippen molar-refractivity contribution in [1.82, 2.24) is 10.2 Å². The van der Waals surface area contributed by atoms with E-state index in [1.54, 1.807) is 54.6 Å². The summed E-state index contributed by atoms with van der Waals surface area (Å²) in [6.45, 7) is 8.03. The average molecular weight is 594 g/mol. The first-order chi connectivity index (χ1) is 20.7. The number of para-hydroxylation sites is 2. The third-order valence-corrected chi connectivity index (χ3v) is 6.87. The lowest BCUT2D eigenvalue weighted by Crippen LogP contribution is -2.39. The number of halogens is 3. The first-order valence-corrected chi connectivity index (χ1v) is 13.9. The number of nitrogens with one attached hydrogen (secondary N) is 3. The standard InChI is InChI=1S/C32H34F3N5O3/c1-36-27-5-2-3-6-28(27)39-29(41)16-9-23-7-10-24(11-8-23)30(37-17-4-18-40-19-21-43-22-20-40)31(42)38-26-14-12-25(13-15-26)32(33,34)35/h2-3,5-16,30,37H,1,4,17-22H2,(H,38,42)(H,39,41)/b16-9+. The van der Waals surface area contributed by atoms with E-state index in [1.807, 2.05) is 0 Å². The number of morpholine rings is 1. The number of nitrogens with zero attached hydrogens (tertiary/aromatic N) is 2. The molecule has 0 spiro atoms. The van der Waals surface area contributed by atoms with Crippen LogP contribution in [0, 0.1) is 0 Å². The van der Waals surface area contributed by atoms with Gasteiger partial charge in [0.2, 0.25) is 11.8 Å². The van der Waals surface area contributed by atoms with Crippen LogP contribution in [0.3, 0.4) is 0 Å². The molecule has 2 amide bonds. The monoisotopic (exact) mass is 593 g/mol. The second-order valence-corrected chi connectivity index (χ2v) is 9.92. The molecule has 1 fully saturated rings. The van der Waals surface area contributed by atoms with Crippen LogP contribution >= 0.6 is 0 Å². The van der Waals surface area contributed by atoms with Gasteiger partial charge in [0, 0.05) is 24.9 Å². The highest BCUT2D eigenvalue weighted by Gasteiger charge is 2.30. The Balaban J connectivity index is 1.42. The van der Waals surface area contributed by atoms with E-state index < -0.39 is 23.7 Å². The van der Waals surface area contributed by atoms with Crippen molar-refractivity contribution in [2.75, 3.05) is 50.0 Å². The Hall–Kier alpha value is -4.32. The number of hydrogen-bond donors (Lipinski definition) is 3. The molecule has 1 aliphatic rings. The van der Waals surface area contributed by atoms with Crippen molar-refractivity contribution in [2.24, 2.45) is 4.99 Å². The summed E-state index contributed by atoms with van der Waals surface area (Å²) >= 11 is 0. The van der Waals surface area contributed by atoms with Crippen molar-refractivity contribution in [3.63, 3.8) is 0 Å². The van der Waals surface area contributed by atoms with Gasteiger partial charge in [-0.3, -0.25) is 19.5 Å². The van der Waals surface area contributed by atoms with Gasteiger partial charge < -0.3 is 20.7 Å². The van der Waals surface area contributed by atoms with E-state index in [9.17, 15) is 22.8 Å². The van der Waals surface area contributed by atoms with Crippen LogP contribution < -0.4 is 16.0 Å². The molecule has 3 aromatic carbocycles. The zero-order chi connectivity index (χ0) is 30.7. The number of aliphatic imine (C=N–C) groups is 1. The molecular weight excluding hydrogens is 559 g/mol. The smallest absolute Gasteiger partial charge is 0.379 e. The van der Waals surface area contributed by atoms with Crippen molar-refractivity contribution < 1.29 is 27.5 Å². The van der Waals surface area contributed by atoms with E-state index in [0.717, 1.165) is 43.8 Å². The molecular formula is C32H34F3N5O3. The maximum absolute atomic E-state index is 13.3. The lowest BCUT2D eigenvalue weighted by molar-refractivity contribution is -0.137. The van der Waals surface area contributed by atoms with Gasteiger partial charge in [0.1, 0.15) is 6.04 Å². The van der Waals surface area contributed by atoms with Crippen molar-refractivity contribution in [1.29, 1.82) is 0 Å². The maximum atomic E-state index is 13.3. The Morgan fingerprint density at radius 2 is 1.67 bits per heavy atom. The molecule has 0 bridgehead atoms. The van der Waals surface area contributed by atoms with E-state index in [0.29, 0.717) is 36.7 Å². The maximum Gasteiger partial charge on any atom is 0.416 e. The molecule has 43 heavy (non-hydrogen) atoms. The molecule has 1 atom stereocenters. The number of carbonyl (C=O) groups is 2. The van der Waals surface area contributed by atoms with Crippen LogP contribution in [0.15, 0.2) is 83.9 Å². The number of rotatable bonds is 12. The van der Waals surface area contributed by atoms with E-state index in [4.69, 9.17) is 4.74 Å². The quantitative estimate of drug-likeness (QED) is 0.143. The van der Waals surface area contributed by atoms with Gasteiger partial charge >= 0.3 is 6.18 Å². The molecule has 0 aromatic heterocycles. The molecule has 3 aromatic rings. The lowest BCUT2D eigenvalue weighted by atomic mass is 10.0. The van der Waals surface area contributed by atoms with Crippen molar-refractivity contribution in [3.05, 3.63) is 95.6 Å². The van der Waals surface area contributed by atoms with Crippen LogP contribution in [0.4, 0.5) is 30.2 Å². The average Bonchev–Trinajstić information content (AvgIpc) is 3.01. The third-order valence-electron chi connectivity index (χ3n) is 6.87. The normalized spacial score (nSPS) is 14.8. The largest absolute Gasteiger partial charge is 0.416 e. The van der Waals surface area contributed by atoms with Gasteiger partial charge in [0.15, 0.2) is 0 Å². The van der Waals surface area contributed by atoms with E-state index >= 15 is 0 Å². The predicted octanol–water partition coefficient (Wildman–Crippen LogP) is 5.68. The first kappa shape index (κ1) is 31.6. The molecule has 1 heterocycles. The summed E-state index contributed by atoms with van der Waals surface area (Å²) in [4.78, 5) is 31.9. The SMILES string of the molecule is C=Nc1ccccc1NC(=O)/C=C/c1ccc(C(NCCCN2CCOCC2)C(=O)Nc2ccc(C(F)(F)F)cc2)cc1. The molecule has 1 saturated heterocycles. The fourth-order valence-electron chi connectivity index (χ4n) is 4.56. The van der Waals surface area contributed by atoms with Gasteiger partial charge in [-0.1, -0.05) is 36.4 Å². The van der Waals surface area contributed by atoms with Crippen LogP contribution in [0.25, 0.3) is 6.08 Å². The highest BCUT2D eigenvalue weighted by molar-refractivity contribution is 6.03. The van der Waals surface area contributed by atoms with E-state index in [2.05, 4.69) is 32.6 Å². The zero-order valence-corrected chi connectivity index (χ0v) is 23.6. The number of ether oxygens (including phenoxy) is 1. The number of carbonyl (C=O) groups excluding carboxylic acids is 2. The summed E-state index contributed by atoms with van der Waals surface area (Å²) < 4.78 is 44.3. The Bertz CT molecular complexity index is 1400. The minimum Gasteiger partial charge on any atom is -0.379 e. The molecule has 1 aliphatic heterocycles. The highest BCUT2D eigenvalue weighted by Crippen LogP contribution is 2.30. The van der Waals surface area contributed by atoms with Crippen molar-refractivity contribution in [2.45, 2.75) is 18.6 Å². The number of hydrogen-bond acceptors (Lipinski definition) is 6. The minimum atomic E-state index is -4.46. The van der Waals surface area contributed by atoms with Crippen LogP contribution in [-0.2, 0) is 20.5 Å². The Labute approximate surface area is 248 Å². The molecule has 226 valence electrons. The molecule has 0 aliphatic carbocycles. The Kier molecular flexibility index (Phi) is 11.2. The number of amides is 2. The van der Waals surface area contributed by atoms with Crippen LogP contribution in [-0.4, -0.2) is 62.8 Å². The summed E-state index contributed by atoms with van der Waals surface area (Å²) in [6, 6.07) is 17.8. The van der Waals surface area contributed by atoms with Crippen LogP contribution in [0.5, 0.6) is 0 Å². The fraction of sp³-hybridized carbons (Fsp3) is 0.281. The van der Waals surface area contributed by atoms with Crippen molar-refractivity contribution in [3.8, 4) is 0 Å². The molecule has 11 heteroatoms. The molecule has 0 saturated carbocycles. The summed E-state index contributed by atoms with van der Waals surface area (Å²) in [5.41, 5.74) is 1.99. The molecule has 4 rings (SSSR count). The number of anilines is 2. The van der Waals surface area contributed by atoms with Gasteiger partial charge in [-0.25, -0.2) is 0 Å². The molecule has 1 unspecified atom stereocenters. The summed E-state index contributed by atoms with van der Waals surface area (Å²) in [5, 5.41) is 8.78. The fourth-order valence-corrected chi connectivity index (χ4v) is 4.56. The topological polar surface area (TPSA) is 95.1 Å². The number of alkyl halides is 3.